The van der Waals surface area contributed by atoms with E-state index in [4.69, 9.17) is 5.26 Å². The van der Waals surface area contributed by atoms with Crippen molar-refractivity contribution >= 4 is 34.6 Å². The van der Waals surface area contributed by atoms with Crippen LogP contribution in [0, 0.1) is 11.3 Å². The van der Waals surface area contributed by atoms with Crippen molar-refractivity contribution in [2.75, 3.05) is 31.1 Å². The Hall–Kier alpha value is -3.14. The largest absolute Gasteiger partial charge is 0.369 e. The summed E-state index contributed by atoms with van der Waals surface area (Å²) in [5.41, 5.74) is 4.39. The summed E-state index contributed by atoms with van der Waals surface area (Å²) in [4.78, 5) is 24.5. The van der Waals surface area contributed by atoms with E-state index >= 15 is 0 Å². The van der Waals surface area contributed by atoms with Crippen molar-refractivity contribution in [1.82, 2.24) is 14.9 Å². The number of nitrogens with one attached hydrogen (secondary N) is 1. The third-order valence-electron chi connectivity index (χ3n) is 6.20. The van der Waals surface area contributed by atoms with Gasteiger partial charge in [0.25, 0.3) is 5.56 Å². The minimum Gasteiger partial charge on any atom is -0.369 e. The monoisotopic (exact) mass is 433 g/mol. The smallest absolute Gasteiger partial charge is 0.274 e. The van der Waals surface area contributed by atoms with Gasteiger partial charge in [-0.05, 0) is 54.8 Å². The van der Waals surface area contributed by atoms with Crippen LogP contribution in [-0.2, 0) is 0 Å². The molecule has 1 aliphatic heterocycles. The molecule has 5 rings (SSSR count). The number of anilines is 1. The molecular weight excluding hydrogens is 410 g/mol. The van der Waals surface area contributed by atoms with Crippen LogP contribution in [-0.4, -0.2) is 47.1 Å². The summed E-state index contributed by atoms with van der Waals surface area (Å²) in [7, 11) is 0. The summed E-state index contributed by atoms with van der Waals surface area (Å²) in [6.07, 6.45) is 6.03. The minimum absolute atomic E-state index is 0. The predicted molar refractivity (Wildman–Crippen MR) is 126 cm³/mol. The Balaban J connectivity index is 0.00000231. The Morgan fingerprint density at radius 1 is 1.10 bits per heavy atom. The highest BCUT2D eigenvalue weighted by Crippen LogP contribution is 2.31. The normalized spacial score (nSPS) is 19.0. The number of aromatic nitrogens is 2. The van der Waals surface area contributed by atoms with Gasteiger partial charge >= 0.3 is 0 Å². The van der Waals surface area contributed by atoms with E-state index in [1.54, 1.807) is 6.20 Å². The van der Waals surface area contributed by atoms with E-state index in [1.807, 2.05) is 42.5 Å². The number of fused-ring (bicyclic) bond motifs is 1. The van der Waals surface area contributed by atoms with Crippen molar-refractivity contribution in [3.8, 4) is 6.07 Å². The van der Waals surface area contributed by atoms with Gasteiger partial charge in [-0.1, -0.05) is 12.1 Å². The molecule has 0 spiro atoms. The van der Waals surface area contributed by atoms with Gasteiger partial charge < -0.3 is 9.88 Å². The van der Waals surface area contributed by atoms with Crippen LogP contribution >= 0.6 is 12.4 Å². The number of benzene rings is 1. The molecule has 0 saturated carbocycles. The fourth-order valence-electron chi connectivity index (χ4n) is 4.54. The molecule has 0 radical (unpaired) electrons. The molecule has 3 heterocycles. The van der Waals surface area contributed by atoms with Crippen molar-refractivity contribution < 1.29 is 0 Å². The van der Waals surface area contributed by atoms with E-state index < -0.39 is 0 Å². The molecule has 7 heteroatoms. The van der Waals surface area contributed by atoms with Gasteiger partial charge in [-0.15, -0.1) is 12.4 Å². The molecule has 31 heavy (non-hydrogen) atoms. The van der Waals surface area contributed by atoms with Crippen LogP contribution in [0.3, 0.4) is 0 Å². The van der Waals surface area contributed by atoms with Crippen LogP contribution in [0.25, 0.3) is 16.5 Å². The summed E-state index contributed by atoms with van der Waals surface area (Å²) >= 11 is 0. The SMILES string of the molecule is Cl.N#Cc1ccc(N2CCN([C@H]3C=C(c4cc5cccnc5c(=O)[nH]4)CC3)CC2)cc1. The molecule has 2 aliphatic rings. The molecule has 1 N–H and O–H groups in total. The lowest BCUT2D eigenvalue weighted by atomic mass is 10.1. The Bertz CT molecular complexity index is 1200. The van der Waals surface area contributed by atoms with Crippen LogP contribution in [0.1, 0.15) is 24.1 Å². The second-order valence-electron chi connectivity index (χ2n) is 7.93. The average molecular weight is 434 g/mol. The van der Waals surface area contributed by atoms with Gasteiger partial charge in [-0.2, -0.15) is 5.26 Å². The number of rotatable bonds is 3. The topological polar surface area (TPSA) is 76.0 Å². The summed E-state index contributed by atoms with van der Waals surface area (Å²) in [6, 6.07) is 16.3. The molecule has 158 valence electrons. The van der Waals surface area contributed by atoms with Gasteiger partial charge in [-0.25, -0.2) is 0 Å². The van der Waals surface area contributed by atoms with Crippen LogP contribution < -0.4 is 10.5 Å². The maximum absolute atomic E-state index is 12.4. The molecule has 1 saturated heterocycles. The molecule has 1 aromatic carbocycles. The third kappa shape index (κ3) is 4.20. The molecule has 0 bridgehead atoms. The highest BCUT2D eigenvalue weighted by atomic mass is 35.5. The summed E-state index contributed by atoms with van der Waals surface area (Å²) in [5.74, 6) is 0. The number of piperazine rings is 1. The second kappa shape index (κ2) is 8.93. The number of allylic oxidation sites excluding steroid dienone is 1. The zero-order chi connectivity index (χ0) is 20.5. The summed E-state index contributed by atoms with van der Waals surface area (Å²) < 4.78 is 0. The second-order valence-corrected chi connectivity index (χ2v) is 7.93. The quantitative estimate of drug-likeness (QED) is 0.683. The molecule has 1 atom stereocenters. The molecule has 0 unspecified atom stereocenters. The Labute approximate surface area is 187 Å². The molecular formula is C24H24ClN5O. The number of H-pyrrole nitrogens is 1. The van der Waals surface area contributed by atoms with E-state index in [0.717, 1.165) is 50.1 Å². The summed E-state index contributed by atoms with van der Waals surface area (Å²) in [6.45, 7) is 3.97. The van der Waals surface area contributed by atoms with Gasteiger partial charge in [0.2, 0.25) is 0 Å². The number of hydrogen-bond acceptors (Lipinski definition) is 5. The standard InChI is InChI=1S/C24H23N5O.ClH/c25-16-17-3-6-20(7-4-17)28-10-12-29(13-11-28)21-8-5-18(14-21)22-15-19-2-1-9-26-23(19)24(30)27-22;/h1-4,6-7,9,14-15,21H,5,8,10-13H2,(H,27,30);1H/t21-;/m1./s1. The van der Waals surface area contributed by atoms with Crippen molar-refractivity contribution in [3.05, 3.63) is 76.3 Å². The van der Waals surface area contributed by atoms with E-state index in [-0.39, 0.29) is 18.0 Å². The highest BCUT2D eigenvalue weighted by Gasteiger charge is 2.27. The maximum atomic E-state index is 12.4. The van der Waals surface area contributed by atoms with Gasteiger partial charge in [0.05, 0.1) is 11.6 Å². The lowest BCUT2D eigenvalue weighted by Crippen LogP contribution is -2.49. The number of pyridine rings is 2. The van der Waals surface area contributed by atoms with Gasteiger partial charge in [0.1, 0.15) is 5.52 Å². The lowest BCUT2D eigenvalue weighted by Gasteiger charge is -2.38. The number of nitriles is 1. The van der Waals surface area contributed by atoms with Crippen molar-refractivity contribution in [1.29, 1.82) is 5.26 Å². The van der Waals surface area contributed by atoms with Gasteiger partial charge in [-0.3, -0.25) is 14.7 Å². The predicted octanol–water partition coefficient (Wildman–Crippen LogP) is 3.58. The molecule has 1 fully saturated rings. The first-order valence-electron chi connectivity index (χ1n) is 10.4. The Morgan fingerprint density at radius 3 is 2.61 bits per heavy atom. The number of aromatic amines is 1. The van der Waals surface area contributed by atoms with E-state index in [1.165, 1.54) is 11.3 Å². The number of hydrogen-bond donors (Lipinski definition) is 1. The van der Waals surface area contributed by atoms with Crippen LogP contribution in [0.5, 0.6) is 0 Å². The lowest BCUT2D eigenvalue weighted by molar-refractivity contribution is 0.214. The average Bonchev–Trinajstić information content (AvgIpc) is 3.30. The van der Waals surface area contributed by atoms with Gasteiger partial charge in [0, 0.05) is 55.2 Å². The fraction of sp³-hybridized carbons (Fsp3) is 0.292. The summed E-state index contributed by atoms with van der Waals surface area (Å²) in [5, 5.41) is 9.85. The van der Waals surface area contributed by atoms with E-state index in [0.29, 0.717) is 17.1 Å². The van der Waals surface area contributed by atoms with Crippen molar-refractivity contribution in [2.24, 2.45) is 0 Å². The molecule has 2 aromatic heterocycles. The maximum Gasteiger partial charge on any atom is 0.274 e. The Morgan fingerprint density at radius 2 is 1.87 bits per heavy atom. The number of nitrogens with zero attached hydrogens (tertiary/aromatic N) is 4. The number of halogens is 1. The highest BCUT2D eigenvalue weighted by molar-refractivity contribution is 5.85. The first-order valence-corrected chi connectivity index (χ1v) is 10.4. The zero-order valence-corrected chi connectivity index (χ0v) is 17.9. The van der Waals surface area contributed by atoms with Crippen molar-refractivity contribution in [2.45, 2.75) is 18.9 Å². The first kappa shape index (κ1) is 21.1. The van der Waals surface area contributed by atoms with Crippen LogP contribution in [0.2, 0.25) is 0 Å². The molecule has 1 aliphatic carbocycles. The van der Waals surface area contributed by atoms with Crippen LogP contribution in [0.15, 0.2) is 59.5 Å². The van der Waals surface area contributed by atoms with Crippen LogP contribution in [0.4, 0.5) is 5.69 Å². The molecule has 3 aromatic rings. The molecule has 0 amide bonds. The van der Waals surface area contributed by atoms with E-state index in [9.17, 15) is 4.79 Å². The third-order valence-corrected chi connectivity index (χ3v) is 6.20. The Kier molecular flexibility index (Phi) is 6.08. The zero-order valence-electron chi connectivity index (χ0n) is 17.1. The minimum atomic E-state index is -0.122. The molecule has 6 nitrogen and oxygen atoms in total. The van der Waals surface area contributed by atoms with Gasteiger partial charge in [0.15, 0.2) is 0 Å². The van der Waals surface area contributed by atoms with Crippen molar-refractivity contribution in [3.63, 3.8) is 0 Å². The first-order chi connectivity index (χ1) is 14.7. The fourth-order valence-corrected chi connectivity index (χ4v) is 4.54. The van der Waals surface area contributed by atoms with E-state index in [2.05, 4.69) is 31.9 Å².